The van der Waals surface area contributed by atoms with Gasteiger partial charge in [0.25, 0.3) is 0 Å². The molecule has 0 amide bonds. The molecular weight excluding hydrogens is 254 g/mol. The zero-order valence-electron chi connectivity index (χ0n) is 11.5. The third-order valence-electron chi connectivity index (χ3n) is 2.44. The summed E-state index contributed by atoms with van der Waals surface area (Å²) in [6.07, 6.45) is 3.86. The summed E-state index contributed by atoms with van der Waals surface area (Å²) in [7, 11) is 3.65. The molecule has 6 nitrogen and oxygen atoms in total. The number of benzene rings is 1. The average Bonchev–Trinajstić information content (AvgIpc) is 2.44. The predicted octanol–water partition coefficient (Wildman–Crippen LogP) is 1.61. The highest BCUT2D eigenvalue weighted by atomic mass is 16.5. The normalized spacial score (nSPS) is 10.7. The number of hydrogen-bond acceptors (Lipinski definition) is 6. The van der Waals surface area contributed by atoms with Crippen molar-refractivity contribution in [3.63, 3.8) is 0 Å². The van der Waals surface area contributed by atoms with Crippen molar-refractivity contribution in [1.82, 2.24) is 15.0 Å². The van der Waals surface area contributed by atoms with Crippen LogP contribution in [0.25, 0.3) is 6.08 Å². The summed E-state index contributed by atoms with van der Waals surface area (Å²) in [6.45, 7) is 0.366. The van der Waals surface area contributed by atoms with Crippen LogP contribution < -0.4 is 15.4 Å². The van der Waals surface area contributed by atoms with Crippen LogP contribution in [-0.2, 0) is 0 Å². The Kier molecular flexibility index (Phi) is 4.49. The van der Waals surface area contributed by atoms with Gasteiger partial charge >= 0.3 is 6.01 Å². The van der Waals surface area contributed by atoms with Gasteiger partial charge in [0.2, 0.25) is 11.9 Å². The topological polar surface area (TPSA) is 77.2 Å². The van der Waals surface area contributed by atoms with Gasteiger partial charge in [-0.1, -0.05) is 36.4 Å². The van der Waals surface area contributed by atoms with E-state index in [0.29, 0.717) is 12.6 Å². The van der Waals surface area contributed by atoms with Gasteiger partial charge in [0.15, 0.2) is 0 Å². The summed E-state index contributed by atoms with van der Waals surface area (Å²) in [5, 5.41) is 0. The van der Waals surface area contributed by atoms with Crippen molar-refractivity contribution in [2.24, 2.45) is 0 Å². The Morgan fingerprint density at radius 2 is 1.90 bits per heavy atom. The summed E-state index contributed by atoms with van der Waals surface area (Å²) < 4.78 is 5.44. The Morgan fingerprint density at radius 1 is 1.15 bits per heavy atom. The van der Waals surface area contributed by atoms with Gasteiger partial charge in [0.1, 0.15) is 6.61 Å². The summed E-state index contributed by atoms with van der Waals surface area (Å²) in [5.74, 6) is 0.616. The molecule has 2 N–H and O–H groups in total. The monoisotopic (exact) mass is 271 g/mol. The molecule has 0 unspecified atom stereocenters. The van der Waals surface area contributed by atoms with Crippen molar-refractivity contribution >= 4 is 18.0 Å². The lowest BCUT2D eigenvalue weighted by molar-refractivity contribution is 0.333. The van der Waals surface area contributed by atoms with E-state index >= 15 is 0 Å². The van der Waals surface area contributed by atoms with E-state index in [1.165, 1.54) is 0 Å². The Labute approximate surface area is 117 Å². The van der Waals surface area contributed by atoms with Crippen molar-refractivity contribution in [2.75, 3.05) is 31.3 Å². The maximum atomic E-state index is 5.61. The minimum atomic E-state index is 0.144. The fraction of sp³-hybridized carbons (Fsp3) is 0.214. The Bertz CT molecular complexity index is 583. The van der Waals surface area contributed by atoms with Crippen LogP contribution in [0.3, 0.4) is 0 Å². The van der Waals surface area contributed by atoms with Crippen LogP contribution >= 0.6 is 0 Å². The molecule has 0 radical (unpaired) electrons. The largest absolute Gasteiger partial charge is 0.459 e. The fourth-order valence-corrected chi connectivity index (χ4v) is 1.50. The first-order valence-corrected chi connectivity index (χ1v) is 6.18. The first-order valence-electron chi connectivity index (χ1n) is 6.18. The van der Waals surface area contributed by atoms with Crippen LogP contribution in [0.15, 0.2) is 36.4 Å². The lowest BCUT2D eigenvalue weighted by Crippen LogP contribution is -2.15. The fourth-order valence-electron chi connectivity index (χ4n) is 1.50. The highest BCUT2D eigenvalue weighted by molar-refractivity contribution is 5.48. The van der Waals surface area contributed by atoms with Gasteiger partial charge in [0, 0.05) is 14.1 Å². The Hall–Kier alpha value is -2.63. The minimum absolute atomic E-state index is 0.144. The third kappa shape index (κ3) is 3.94. The minimum Gasteiger partial charge on any atom is -0.459 e. The van der Waals surface area contributed by atoms with Gasteiger partial charge in [-0.25, -0.2) is 0 Å². The summed E-state index contributed by atoms with van der Waals surface area (Å²) in [5.41, 5.74) is 6.72. The number of hydrogen-bond donors (Lipinski definition) is 1. The molecular formula is C14H17N5O. The first kappa shape index (κ1) is 13.8. The van der Waals surface area contributed by atoms with Gasteiger partial charge in [-0.05, 0) is 11.6 Å². The van der Waals surface area contributed by atoms with Crippen molar-refractivity contribution in [3.05, 3.63) is 42.0 Å². The molecule has 1 heterocycles. The number of nitrogens with zero attached hydrogens (tertiary/aromatic N) is 4. The zero-order chi connectivity index (χ0) is 14.4. The maximum Gasteiger partial charge on any atom is 0.323 e. The van der Waals surface area contributed by atoms with E-state index in [0.717, 1.165) is 5.56 Å². The molecule has 20 heavy (non-hydrogen) atoms. The van der Waals surface area contributed by atoms with Crippen molar-refractivity contribution in [2.45, 2.75) is 0 Å². The van der Waals surface area contributed by atoms with Gasteiger partial charge in [0.05, 0.1) is 0 Å². The van der Waals surface area contributed by atoms with E-state index in [4.69, 9.17) is 10.5 Å². The highest BCUT2D eigenvalue weighted by Crippen LogP contribution is 2.11. The molecule has 2 rings (SSSR count). The third-order valence-corrected chi connectivity index (χ3v) is 2.44. The highest BCUT2D eigenvalue weighted by Gasteiger charge is 2.06. The van der Waals surface area contributed by atoms with E-state index in [9.17, 15) is 0 Å². The standard InChI is InChI=1S/C14H17N5O/c1-19(2)13-16-12(15)17-14(18-13)20-10-6-9-11-7-4-3-5-8-11/h3-9H,10H2,1-2H3,(H2,15,16,17,18)/b9-6+. The van der Waals surface area contributed by atoms with Gasteiger partial charge in [-0.15, -0.1) is 0 Å². The van der Waals surface area contributed by atoms with Crippen molar-refractivity contribution in [1.29, 1.82) is 0 Å². The van der Waals surface area contributed by atoms with E-state index in [1.54, 1.807) is 4.90 Å². The maximum absolute atomic E-state index is 5.61. The molecule has 104 valence electrons. The van der Waals surface area contributed by atoms with Crippen LogP contribution in [0, 0.1) is 0 Å². The van der Waals surface area contributed by atoms with Crippen molar-refractivity contribution < 1.29 is 4.74 Å². The summed E-state index contributed by atoms with van der Waals surface area (Å²) in [6, 6.07) is 10.2. The van der Waals surface area contributed by atoms with Crippen LogP contribution in [0.4, 0.5) is 11.9 Å². The molecule has 0 aliphatic rings. The lowest BCUT2D eigenvalue weighted by Gasteiger charge is -2.10. The Morgan fingerprint density at radius 3 is 2.60 bits per heavy atom. The number of nitrogen functional groups attached to an aromatic ring is 1. The second-order valence-corrected chi connectivity index (χ2v) is 4.29. The van der Waals surface area contributed by atoms with Gasteiger partial charge < -0.3 is 15.4 Å². The molecule has 6 heteroatoms. The molecule has 0 aliphatic heterocycles. The second kappa shape index (κ2) is 6.51. The van der Waals surface area contributed by atoms with Gasteiger partial charge in [-0.2, -0.15) is 15.0 Å². The van der Waals surface area contributed by atoms with Crippen molar-refractivity contribution in [3.8, 4) is 6.01 Å². The Balaban J connectivity index is 1.96. The SMILES string of the molecule is CN(C)c1nc(N)nc(OC/C=C/c2ccccc2)n1. The van der Waals surface area contributed by atoms with E-state index in [2.05, 4.69) is 15.0 Å². The molecule has 0 bridgehead atoms. The first-order chi connectivity index (χ1) is 9.65. The number of aromatic nitrogens is 3. The molecule has 1 aromatic heterocycles. The van der Waals surface area contributed by atoms with Crippen LogP contribution in [-0.4, -0.2) is 35.7 Å². The molecule has 1 aromatic carbocycles. The van der Waals surface area contributed by atoms with Crippen LogP contribution in [0.1, 0.15) is 5.56 Å². The molecule has 0 fully saturated rings. The number of ether oxygens (including phenoxy) is 1. The summed E-state index contributed by atoms with van der Waals surface area (Å²) >= 11 is 0. The number of anilines is 2. The van der Waals surface area contributed by atoms with Crippen LogP contribution in [0.5, 0.6) is 6.01 Å². The molecule has 0 spiro atoms. The molecule has 0 atom stereocenters. The van der Waals surface area contributed by atoms with E-state index < -0.39 is 0 Å². The van der Waals surface area contributed by atoms with E-state index in [1.807, 2.05) is 56.6 Å². The van der Waals surface area contributed by atoms with Gasteiger partial charge in [-0.3, -0.25) is 0 Å². The number of nitrogens with two attached hydrogens (primary N) is 1. The quantitative estimate of drug-likeness (QED) is 0.890. The summed E-state index contributed by atoms with van der Waals surface area (Å²) in [4.78, 5) is 13.8. The predicted molar refractivity (Wildman–Crippen MR) is 79.5 cm³/mol. The smallest absolute Gasteiger partial charge is 0.323 e. The average molecular weight is 271 g/mol. The van der Waals surface area contributed by atoms with Crippen LogP contribution in [0.2, 0.25) is 0 Å². The molecule has 0 saturated heterocycles. The molecule has 0 saturated carbocycles. The number of rotatable bonds is 5. The molecule has 2 aromatic rings. The lowest BCUT2D eigenvalue weighted by atomic mass is 10.2. The zero-order valence-corrected chi connectivity index (χ0v) is 11.5. The second-order valence-electron chi connectivity index (χ2n) is 4.29. The molecule has 0 aliphatic carbocycles. The van der Waals surface area contributed by atoms with E-state index in [-0.39, 0.29) is 12.0 Å².